The number of benzene rings is 1. The van der Waals surface area contributed by atoms with Crippen LogP contribution in [0.15, 0.2) is 42.7 Å². The van der Waals surface area contributed by atoms with Crippen LogP contribution in [0.1, 0.15) is 109 Å². The molecule has 2 aliphatic rings. The van der Waals surface area contributed by atoms with Crippen LogP contribution in [0.3, 0.4) is 0 Å². The van der Waals surface area contributed by atoms with Crippen molar-refractivity contribution in [1.29, 1.82) is 0 Å². The minimum absolute atomic E-state index is 0.0332. The molecule has 10 nitrogen and oxygen atoms in total. The van der Waals surface area contributed by atoms with E-state index in [1.165, 1.54) is 0 Å². The van der Waals surface area contributed by atoms with Crippen molar-refractivity contribution in [2.75, 3.05) is 26.2 Å². The molecule has 2 amide bonds. The number of pyridine rings is 1. The van der Waals surface area contributed by atoms with E-state index in [1.807, 2.05) is 64.6 Å². The Kier molecular flexibility index (Phi) is 13.4. The summed E-state index contributed by atoms with van der Waals surface area (Å²) in [6, 6.07) is 8.85. The van der Waals surface area contributed by atoms with E-state index in [0.29, 0.717) is 44.0 Å². The summed E-state index contributed by atoms with van der Waals surface area (Å²) >= 11 is 0. The summed E-state index contributed by atoms with van der Waals surface area (Å²) in [5, 5.41) is 6.50. The second-order valence-corrected chi connectivity index (χ2v) is 15.7. The number of hydrogen-bond acceptors (Lipinski definition) is 8. The minimum Gasteiger partial charge on any atom is -0.460 e. The van der Waals surface area contributed by atoms with E-state index < -0.39 is 23.0 Å². The number of likely N-dealkylation sites (tertiary alicyclic amines) is 1. The summed E-state index contributed by atoms with van der Waals surface area (Å²) < 4.78 is 11.1. The largest absolute Gasteiger partial charge is 0.460 e. The van der Waals surface area contributed by atoms with Gasteiger partial charge >= 0.3 is 11.9 Å². The lowest BCUT2D eigenvalue weighted by atomic mass is 9.92. The van der Waals surface area contributed by atoms with Crippen molar-refractivity contribution < 1.29 is 28.7 Å². The molecule has 0 unspecified atom stereocenters. The topological polar surface area (TPSA) is 127 Å². The van der Waals surface area contributed by atoms with E-state index in [0.717, 1.165) is 61.9 Å². The van der Waals surface area contributed by atoms with E-state index >= 15 is 0 Å². The fourth-order valence-corrected chi connectivity index (χ4v) is 6.27. The highest BCUT2D eigenvalue weighted by atomic mass is 16.6. The molecule has 1 aromatic carbocycles. The summed E-state index contributed by atoms with van der Waals surface area (Å²) in [7, 11) is 0. The zero-order chi connectivity index (χ0) is 35.6. The first-order valence-electron chi connectivity index (χ1n) is 17.9. The molecule has 3 heterocycles. The van der Waals surface area contributed by atoms with Gasteiger partial charge in [-0.05, 0) is 134 Å². The Morgan fingerprint density at radius 3 is 2.33 bits per heavy atom. The van der Waals surface area contributed by atoms with Gasteiger partial charge in [-0.15, -0.1) is 0 Å². The summed E-state index contributed by atoms with van der Waals surface area (Å²) in [6.07, 6.45) is 9.96. The van der Waals surface area contributed by atoms with Crippen LogP contribution in [-0.4, -0.2) is 65.4 Å². The maximum atomic E-state index is 13.7. The van der Waals surface area contributed by atoms with Crippen LogP contribution in [0.4, 0.5) is 0 Å². The van der Waals surface area contributed by atoms with Crippen LogP contribution in [0.5, 0.6) is 5.75 Å². The van der Waals surface area contributed by atoms with Gasteiger partial charge in [0.15, 0.2) is 0 Å². The van der Waals surface area contributed by atoms with Crippen molar-refractivity contribution in [3.05, 3.63) is 59.4 Å². The number of piperidine rings is 2. The van der Waals surface area contributed by atoms with Crippen LogP contribution < -0.4 is 15.4 Å². The highest BCUT2D eigenvalue weighted by Gasteiger charge is 2.31. The molecule has 0 bridgehead atoms. The van der Waals surface area contributed by atoms with Crippen LogP contribution in [0, 0.1) is 17.3 Å². The standard InChI is InChI=1S/C39H56N4O6/c1-38(2,3)37(47)48-32-14-11-27(12-15-32)9-10-29-22-31(25-41-24-29)33(23-35(45)49-39(4,5)6)42-36(46)30-8-7-21-43(26-30)34(44)16-13-28-17-19-40-20-18-28/h11-12,14-15,22,24-25,28,30,33,40H,7-10,13,16-21,23,26H2,1-6H3,(H,42,46)/t30-,33+/m1/s1. The van der Waals surface area contributed by atoms with E-state index in [2.05, 4.69) is 15.6 Å². The van der Waals surface area contributed by atoms with Crippen molar-refractivity contribution in [3.8, 4) is 5.75 Å². The first-order valence-corrected chi connectivity index (χ1v) is 17.9. The van der Waals surface area contributed by atoms with Crippen LogP contribution >= 0.6 is 0 Å². The molecule has 2 aliphatic heterocycles. The third-order valence-electron chi connectivity index (χ3n) is 9.14. The van der Waals surface area contributed by atoms with Gasteiger partial charge in [0.25, 0.3) is 0 Å². The van der Waals surface area contributed by atoms with E-state index in [-0.39, 0.29) is 30.1 Å². The van der Waals surface area contributed by atoms with E-state index in [9.17, 15) is 19.2 Å². The number of aryl methyl sites for hydroxylation is 2. The first kappa shape index (κ1) is 38.0. The quantitative estimate of drug-likeness (QED) is 0.216. The number of nitrogens with one attached hydrogen (secondary N) is 2. The van der Waals surface area contributed by atoms with Gasteiger partial charge in [-0.3, -0.25) is 24.2 Å². The molecule has 10 heteroatoms. The highest BCUT2D eigenvalue weighted by molar-refractivity contribution is 5.82. The Balaban J connectivity index is 1.39. The maximum Gasteiger partial charge on any atom is 0.316 e. The number of hydrogen-bond donors (Lipinski definition) is 2. The number of esters is 2. The van der Waals surface area contributed by atoms with Gasteiger partial charge in [-0.2, -0.15) is 0 Å². The number of carbonyl (C=O) groups excluding carboxylic acids is 4. The molecular weight excluding hydrogens is 620 g/mol. The zero-order valence-corrected chi connectivity index (χ0v) is 30.3. The van der Waals surface area contributed by atoms with Crippen molar-refractivity contribution in [3.63, 3.8) is 0 Å². The average molecular weight is 677 g/mol. The van der Waals surface area contributed by atoms with Gasteiger partial charge < -0.3 is 25.0 Å². The number of ether oxygens (including phenoxy) is 2. The van der Waals surface area contributed by atoms with Crippen LogP contribution in [0.2, 0.25) is 0 Å². The van der Waals surface area contributed by atoms with Gasteiger partial charge in [0.1, 0.15) is 11.4 Å². The van der Waals surface area contributed by atoms with Crippen molar-refractivity contribution >= 4 is 23.8 Å². The van der Waals surface area contributed by atoms with Gasteiger partial charge in [-0.1, -0.05) is 18.2 Å². The molecule has 4 rings (SSSR count). The fourth-order valence-electron chi connectivity index (χ4n) is 6.27. The molecule has 0 radical (unpaired) electrons. The predicted molar refractivity (Wildman–Crippen MR) is 189 cm³/mol. The molecule has 2 fully saturated rings. The molecule has 2 saturated heterocycles. The molecule has 2 N–H and O–H groups in total. The summed E-state index contributed by atoms with van der Waals surface area (Å²) in [4.78, 5) is 58.4. The Bertz CT molecular complexity index is 1420. The molecule has 268 valence electrons. The molecule has 0 spiro atoms. The second kappa shape index (κ2) is 17.2. The molecule has 0 aliphatic carbocycles. The number of nitrogens with zero attached hydrogens (tertiary/aromatic N) is 2. The van der Waals surface area contributed by atoms with Crippen LogP contribution in [-0.2, 0) is 36.8 Å². The Morgan fingerprint density at radius 1 is 0.959 bits per heavy atom. The summed E-state index contributed by atoms with van der Waals surface area (Å²) in [5.74, 6) is 0.0101. The lowest BCUT2D eigenvalue weighted by Crippen LogP contribution is -2.46. The molecule has 2 aromatic rings. The summed E-state index contributed by atoms with van der Waals surface area (Å²) in [5.41, 5.74) is 1.52. The Labute approximate surface area is 292 Å². The normalized spacial score (nSPS) is 18.0. The van der Waals surface area contributed by atoms with Gasteiger partial charge in [-0.25, -0.2) is 0 Å². The van der Waals surface area contributed by atoms with Crippen molar-refractivity contribution in [2.45, 2.75) is 111 Å². The lowest BCUT2D eigenvalue weighted by Gasteiger charge is -2.33. The van der Waals surface area contributed by atoms with Gasteiger partial charge in [0.2, 0.25) is 11.8 Å². The van der Waals surface area contributed by atoms with Crippen LogP contribution in [0.25, 0.3) is 0 Å². The average Bonchev–Trinajstić information content (AvgIpc) is 3.06. The van der Waals surface area contributed by atoms with Gasteiger partial charge in [0, 0.05) is 31.9 Å². The molecule has 1 aromatic heterocycles. The fraction of sp³-hybridized carbons (Fsp3) is 0.615. The maximum absolute atomic E-state index is 13.7. The monoisotopic (exact) mass is 676 g/mol. The third kappa shape index (κ3) is 12.6. The third-order valence-corrected chi connectivity index (χ3v) is 9.14. The molecular formula is C39H56N4O6. The Hall–Kier alpha value is -3.79. The van der Waals surface area contributed by atoms with Crippen molar-refractivity contribution in [1.82, 2.24) is 20.5 Å². The van der Waals surface area contributed by atoms with Crippen molar-refractivity contribution in [2.24, 2.45) is 17.3 Å². The molecule has 0 saturated carbocycles. The predicted octanol–water partition coefficient (Wildman–Crippen LogP) is 5.73. The summed E-state index contributed by atoms with van der Waals surface area (Å²) in [6.45, 7) is 14.0. The van der Waals surface area contributed by atoms with E-state index in [4.69, 9.17) is 9.47 Å². The number of amides is 2. The molecule has 2 atom stereocenters. The lowest BCUT2D eigenvalue weighted by molar-refractivity contribution is -0.155. The number of aromatic nitrogens is 1. The molecule has 49 heavy (non-hydrogen) atoms. The number of rotatable bonds is 12. The highest BCUT2D eigenvalue weighted by Crippen LogP contribution is 2.26. The van der Waals surface area contributed by atoms with E-state index in [1.54, 1.807) is 24.5 Å². The number of carbonyl (C=O) groups is 4. The SMILES string of the molecule is CC(C)(C)OC(=O)C[C@H](NC(=O)[C@@H]1CCCN(C(=O)CCC2CCNCC2)C1)c1cncc(CCc2ccc(OC(=O)C(C)(C)C)cc2)c1. The van der Waals surface area contributed by atoms with Gasteiger partial charge in [0.05, 0.1) is 23.8 Å². The minimum atomic E-state index is -0.662. The smallest absolute Gasteiger partial charge is 0.316 e. The second-order valence-electron chi connectivity index (χ2n) is 15.7. The first-order chi connectivity index (χ1) is 23.2. The zero-order valence-electron chi connectivity index (χ0n) is 30.3. The Morgan fingerprint density at radius 2 is 1.65 bits per heavy atom.